The van der Waals surface area contributed by atoms with Gasteiger partial charge in [0.2, 0.25) is 0 Å². The summed E-state index contributed by atoms with van der Waals surface area (Å²) in [7, 11) is 0. The molecule has 0 saturated carbocycles. The summed E-state index contributed by atoms with van der Waals surface area (Å²) in [5.41, 5.74) is 0. The zero-order valence-electron chi connectivity index (χ0n) is 11.4. The molecule has 3 nitrogen and oxygen atoms in total. The van der Waals surface area contributed by atoms with Gasteiger partial charge in [0.05, 0.1) is 6.61 Å². The standard InChI is InChI=1S/C17H15NO2S/c19-18-10-4-3-7-17(18)21-12-11-20-16-9-8-14-5-1-2-6-15(14)13-16/h1-10,13H,11-12H2. The zero-order valence-corrected chi connectivity index (χ0v) is 12.3. The number of ether oxygens (including phenoxy) is 1. The van der Waals surface area contributed by atoms with Gasteiger partial charge < -0.3 is 9.94 Å². The van der Waals surface area contributed by atoms with E-state index in [-0.39, 0.29) is 0 Å². The maximum Gasteiger partial charge on any atom is 0.251 e. The van der Waals surface area contributed by atoms with Crippen molar-refractivity contribution in [1.82, 2.24) is 0 Å². The molecule has 21 heavy (non-hydrogen) atoms. The lowest BCUT2D eigenvalue weighted by Crippen LogP contribution is -2.27. The lowest BCUT2D eigenvalue weighted by atomic mass is 10.1. The molecule has 106 valence electrons. The highest BCUT2D eigenvalue weighted by Crippen LogP contribution is 2.21. The first-order chi connectivity index (χ1) is 10.3. The molecule has 1 aromatic heterocycles. The van der Waals surface area contributed by atoms with Gasteiger partial charge in [-0.1, -0.05) is 42.1 Å². The maximum atomic E-state index is 11.5. The van der Waals surface area contributed by atoms with Crippen molar-refractivity contribution >= 4 is 22.5 Å². The van der Waals surface area contributed by atoms with Crippen LogP contribution in [-0.2, 0) is 0 Å². The van der Waals surface area contributed by atoms with Crippen molar-refractivity contribution < 1.29 is 9.47 Å². The monoisotopic (exact) mass is 297 g/mol. The van der Waals surface area contributed by atoms with E-state index >= 15 is 0 Å². The number of benzene rings is 2. The number of thioether (sulfide) groups is 1. The summed E-state index contributed by atoms with van der Waals surface area (Å²) in [6.07, 6.45) is 1.51. The first kappa shape index (κ1) is 13.8. The summed E-state index contributed by atoms with van der Waals surface area (Å²) in [4.78, 5) is 0. The molecule has 3 rings (SSSR count). The Morgan fingerprint density at radius 2 is 1.76 bits per heavy atom. The lowest BCUT2D eigenvalue weighted by molar-refractivity contribution is -0.645. The number of hydrogen-bond acceptors (Lipinski definition) is 3. The van der Waals surface area contributed by atoms with Gasteiger partial charge in [-0.15, -0.1) is 0 Å². The summed E-state index contributed by atoms with van der Waals surface area (Å²) in [5, 5.41) is 14.6. The highest BCUT2D eigenvalue weighted by atomic mass is 32.2. The Bertz CT molecular complexity index is 745. The Morgan fingerprint density at radius 1 is 0.952 bits per heavy atom. The van der Waals surface area contributed by atoms with Gasteiger partial charge in [-0.3, -0.25) is 0 Å². The summed E-state index contributed by atoms with van der Waals surface area (Å²) in [5.74, 6) is 1.59. The third kappa shape index (κ3) is 3.47. The SMILES string of the molecule is [O-][n+]1ccccc1SCCOc1ccc2ccccc2c1. The molecule has 0 aliphatic carbocycles. The molecule has 4 heteroatoms. The van der Waals surface area contributed by atoms with Crippen molar-refractivity contribution in [3.05, 3.63) is 72.1 Å². The van der Waals surface area contributed by atoms with E-state index in [0.717, 1.165) is 16.2 Å². The molecule has 0 spiro atoms. The number of pyridine rings is 1. The molecule has 0 saturated heterocycles. The van der Waals surface area contributed by atoms with E-state index in [4.69, 9.17) is 4.74 Å². The molecular formula is C17H15NO2S. The van der Waals surface area contributed by atoms with Gasteiger partial charge in [0.25, 0.3) is 5.03 Å². The van der Waals surface area contributed by atoms with Gasteiger partial charge in [-0.05, 0) is 29.0 Å². The maximum absolute atomic E-state index is 11.5. The van der Waals surface area contributed by atoms with Gasteiger partial charge in [0.15, 0.2) is 6.20 Å². The molecule has 0 atom stereocenters. The molecule has 0 fully saturated rings. The third-order valence-corrected chi connectivity index (χ3v) is 4.09. The Balaban J connectivity index is 1.56. The first-order valence-electron chi connectivity index (χ1n) is 6.75. The van der Waals surface area contributed by atoms with Crippen LogP contribution in [0.25, 0.3) is 10.8 Å². The van der Waals surface area contributed by atoms with Crippen LogP contribution in [0.1, 0.15) is 0 Å². The van der Waals surface area contributed by atoms with E-state index in [9.17, 15) is 5.21 Å². The smallest absolute Gasteiger partial charge is 0.251 e. The highest BCUT2D eigenvalue weighted by molar-refractivity contribution is 7.99. The quantitative estimate of drug-likeness (QED) is 0.312. The van der Waals surface area contributed by atoms with Crippen molar-refractivity contribution in [3.8, 4) is 5.75 Å². The second-order valence-corrected chi connectivity index (χ2v) is 5.69. The van der Waals surface area contributed by atoms with Gasteiger partial charge in [0.1, 0.15) is 5.75 Å². The molecule has 0 aliphatic heterocycles. The molecule has 0 N–H and O–H groups in total. The average molecular weight is 297 g/mol. The molecule has 0 bridgehead atoms. The van der Waals surface area contributed by atoms with E-state index in [1.807, 2.05) is 36.4 Å². The molecular weight excluding hydrogens is 282 g/mol. The minimum Gasteiger partial charge on any atom is -0.618 e. The number of fused-ring (bicyclic) bond motifs is 1. The van der Waals surface area contributed by atoms with Crippen LogP contribution >= 0.6 is 11.8 Å². The summed E-state index contributed by atoms with van der Waals surface area (Å²) >= 11 is 1.50. The van der Waals surface area contributed by atoms with Gasteiger partial charge in [-0.2, -0.15) is 4.73 Å². The number of rotatable bonds is 5. The van der Waals surface area contributed by atoms with Crippen LogP contribution in [0.2, 0.25) is 0 Å². The Labute approximate surface area is 127 Å². The van der Waals surface area contributed by atoms with Gasteiger partial charge in [0, 0.05) is 17.9 Å². The molecule has 0 radical (unpaired) electrons. The van der Waals surface area contributed by atoms with Crippen LogP contribution < -0.4 is 9.47 Å². The molecule has 0 amide bonds. The Morgan fingerprint density at radius 3 is 2.62 bits per heavy atom. The third-order valence-electron chi connectivity index (χ3n) is 3.11. The average Bonchev–Trinajstić information content (AvgIpc) is 2.53. The Kier molecular flexibility index (Phi) is 4.26. The molecule has 0 aliphatic rings. The van der Waals surface area contributed by atoms with Crippen molar-refractivity contribution in [2.75, 3.05) is 12.4 Å². The van der Waals surface area contributed by atoms with Crippen molar-refractivity contribution in [2.24, 2.45) is 0 Å². The van der Waals surface area contributed by atoms with Crippen LogP contribution in [0, 0.1) is 5.21 Å². The van der Waals surface area contributed by atoms with E-state index < -0.39 is 0 Å². The normalized spacial score (nSPS) is 10.7. The van der Waals surface area contributed by atoms with Crippen LogP contribution in [0.4, 0.5) is 0 Å². The second-order valence-electron chi connectivity index (χ2n) is 4.57. The van der Waals surface area contributed by atoms with Crippen LogP contribution in [-0.4, -0.2) is 12.4 Å². The second kappa shape index (κ2) is 6.50. The minimum atomic E-state index is 0.567. The van der Waals surface area contributed by atoms with Crippen LogP contribution in [0.15, 0.2) is 71.9 Å². The first-order valence-corrected chi connectivity index (χ1v) is 7.74. The van der Waals surface area contributed by atoms with E-state index in [1.54, 1.807) is 6.07 Å². The van der Waals surface area contributed by atoms with Crippen LogP contribution in [0.3, 0.4) is 0 Å². The summed E-state index contributed by atoms with van der Waals surface area (Å²) < 4.78 is 6.62. The number of hydrogen-bond donors (Lipinski definition) is 0. The molecule has 1 heterocycles. The van der Waals surface area contributed by atoms with Crippen molar-refractivity contribution in [1.29, 1.82) is 0 Å². The highest BCUT2D eigenvalue weighted by Gasteiger charge is 2.04. The van der Waals surface area contributed by atoms with E-state index in [2.05, 4.69) is 18.2 Å². The van der Waals surface area contributed by atoms with Gasteiger partial charge in [-0.25, -0.2) is 0 Å². The van der Waals surface area contributed by atoms with Crippen molar-refractivity contribution in [3.63, 3.8) is 0 Å². The van der Waals surface area contributed by atoms with E-state index in [1.165, 1.54) is 28.7 Å². The zero-order chi connectivity index (χ0) is 14.5. The number of aromatic nitrogens is 1. The predicted octanol–water partition coefficient (Wildman–Crippen LogP) is 3.64. The molecule has 2 aromatic carbocycles. The molecule has 3 aromatic rings. The minimum absolute atomic E-state index is 0.567. The van der Waals surface area contributed by atoms with Gasteiger partial charge >= 0.3 is 0 Å². The summed E-state index contributed by atoms with van der Waals surface area (Å²) in [6, 6.07) is 19.7. The predicted molar refractivity (Wildman–Crippen MR) is 85.6 cm³/mol. The fourth-order valence-electron chi connectivity index (χ4n) is 2.09. The van der Waals surface area contributed by atoms with Crippen LogP contribution in [0.5, 0.6) is 5.75 Å². The molecule has 0 unspecified atom stereocenters. The fourth-order valence-corrected chi connectivity index (χ4v) is 2.83. The fraction of sp³-hybridized carbons (Fsp3) is 0.118. The Hall–Kier alpha value is -2.20. The van der Waals surface area contributed by atoms with Crippen molar-refractivity contribution in [2.45, 2.75) is 5.03 Å². The largest absolute Gasteiger partial charge is 0.618 e. The lowest BCUT2D eigenvalue weighted by Gasteiger charge is -2.07. The number of nitrogens with zero attached hydrogens (tertiary/aromatic N) is 1. The topological polar surface area (TPSA) is 36.2 Å². The summed E-state index contributed by atoms with van der Waals surface area (Å²) in [6.45, 7) is 0.567. The van der Waals surface area contributed by atoms with E-state index in [0.29, 0.717) is 11.6 Å².